The highest BCUT2D eigenvalue weighted by atomic mass is 32.1. The summed E-state index contributed by atoms with van der Waals surface area (Å²) in [6.45, 7) is 7.90. The van der Waals surface area contributed by atoms with Crippen LogP contribution in [0.4, 0.5) is 5.69 Å². The number of thiophene rings is 1. The number of esters is 1. The third-order valence-corrected chi connectivity index (χ3v) is 5.73. The Morgan fingerprint density at radius 2 is 2.00 bits per heavy atom. The Kier molecular flexibility index (Phi) is 6.14. The maximum Gasteiger partial charge on any atom is 0.348 e. The minimum absolute atomic E-state index is 0.192. The molecule has 2 aromatic heterocycles. The summed E-state index contributed by atoms with van der Waals surface area (Å²) in [4.78, 5) is 33.2. The normalized spacial score (nSPS) is 12.1. The van der Waals surface area contributed by atoms with Crippen LogP contribution in [0.5, 0.6) is 0 Å². The summed E-state index contributed by atoms with van der Waals surface area (Å²) in [6.07, 6.45) is 2.17. The van der Waals surface area contributed by atoms with Gasteiger partial charge in [-0.2, -0.15) is 0 Å². The fourth-order valence-electron chi connectivity index (χ4n) is 3.13. The number of rotatable bonds is 7. The zero-order valence-corrected chi connectivity index (χ0v) is 17.4. The lowest BCUT2D eigenvalue weighted by Gasteiger charge is -2.15. The Morgan fingerprint density at radius 3 is 2.64 bits per heavy atom. The molecule has 0 aliphatic heterocycles. The molecule has 3 rings (SSSR count). The van der Waals surface area contributed by atoms with Crippen molar-refractivity contribution >= 4 is 33.2 Å². The van der Waals surface area contributed by atoms with Crippen LogP contribution in [0.2, 0.25) is 0 Å². The maximum absolute atomic E-state index is 12.6. The highest BCUT2D eigenvalue weighted by molar-refractivity contribution is 7.20. The minimum atomic E-state index is -0.415. The van der Waals surface area contributed by atoms with Gasteiger partial charge in [-0.25, -0.2) is 9.78 Å². The second-order valence-corrected chi connectivity index (χ2v) is 7.72. The number of H-pyrrole nitrogens is 1. The number of hydrogen-bond donors (Lipinski definition) is 2. The third-order valence-electron chi connectivity index (χ3n) is 4.57. The summed E-state index contributed by atoms with van der Waals surface area (Å²) in [5.74, 6) is 0.120. The molecule has 0 spiro atoms. The highest BCUT2D eigenvalue weighted by Crippen LogP contribution is 2.28. The van der Waals surface area contributed by atoms with Crippen molar-refractivity contribution < 1.29 is 9.53 Å². The fourth-order valence-corrected chi connectivity index (χ4v) is 4.21. The first-order chi connectivity index (χ1) is 13.4. The molecule has 0 amide bonds. The van der Waals surface area contributed by atoms with Crippen molar-refractivity contribution in [3.8, 4) is 0 Å². The Hall–Kier alpha value is -2.67. The molecule has 0 fully saturated rings. The number of carbonyl (C=O) groups is 1. The Bertz CT molecular complexity index is 1040. The number of fused-ring (bicyclic) bond motifs is 1. The summed E-state index contributed by atoms with van der Waals surface area (Å²) >= 11 is 1.20. The van der Waals surface area contributed by atoms with E-state index in [1.54, 1.807) is 13.8 Å². The SMILES string of the molecule is CCCc1ccc(N[C@H](C)c2nc3sc(C(=O)OCC)c(C)c3c(=O)[nH]2)cc1. The number of benzene rings is 1. The molecule has 0 saturated heterocycles. The lowest BCUT2D eigenvalue weighted by molar-refractivity contribution is 0.0531. The lowest BCUT2D eigenvalue weighted by atomic mass is 10.1. The van der Waals surface area contributed by atoms with E-state index in [-0.39, 0.29) is 11.6 Å². The van der Waals surface area contributed by atoms with Crippen LogP contribution in [-0.4, -0.2) is 22.5 Å². The predicted octanol–water partition coefficient (Wildman–Crippen LogP) is 4.60. The quantitative estimate of drug-likeness (QED) is 0.568. The number of nitrogens with zero attached hydrogens (tertiary/aromatic N) is 1. The van der Waals surface area contributed by atoms with Crippen LogP contribution < -0.4 is 10.9 Å². The van der Waals surface area contributed by atoms with Crippen LogP contribution in [-0.2, 0) is 11.2 Å². The van der Waals surface area contributed by atoms with E-state index in [9.17, 15) is 9.59 Å². The van der Waals surface area contributed by atoms with Crippen LogP contribution >= 0.6 is 11.3 Å². The topological polar surface area (TPSA) is 84.1 Å². The summed E-state index contributed by atoms with van der Waals surface area (Å²) in [5.41, 5.74) is 2.64. The maximum atomic E-state index is 12.6. The van der Waals surface area contributed by atoms with Crippen LogP contribution in [0, 0.1) is 6.92 Å². The van der Waals surface area contributed by atoms with E-state index in [1.165, 1.54) is 16.9 Å². The zero-order chi connectivity index (χ0) is 20.3. The molecule has 6 nitrogen and oxygen atoms in total. The number of aromatic nitrogens is 2. The van der Waals surface area contributed by atoms with Gasteiger partial charge in [0.05, 0.1) is 18.0 Å². The van der Waals surface area contributed by atoms with Gasteiger partial charge in [0.2, 0.25) is 0 Å². The summed E-state index contributed by atoms with van der Waals surface area (Å²) in [5, 5.41) is 3.82. The molecule has 0 saturated carbocycles. The molecule has 0 radical (unpaired) electrons. The predicted molar refractivity (Wildman–Crippen MR) is 113 cm³/mol. The van der Waals surface area contributed by atoms with Crippen molar-refractivity contribution in [2.45, 2.75) is 46.6 Å². The second-order valence-electron chi connectivity index (χ2n) is 6.72. The van der Waals surface area contributed by atoms with Crippen LogP contribution in [0.1, 0.15) is 59.9 Å². The molecule has 0 unspecified atom stereocenters. The highest BCUT2D eigenvalue weighted by Gasteiger charge is 2.21. The van der Waals surface area contributed by atoms with Crippen molar-refractivity contribution in [3.05, 3.63) is 56.4 Å². The van der Waals surface area contributed by atoms with E-state index in [2.05, 4.69) is 34.3 Å². The average molecular weight is 400 g/mol. The van der Waals surface area contributed by atoms with Gasteiger partial charge in [0.15, 0.2) is 0 Å². The van der Waals surface area contributed by atoms with Crippen molar-refractivity contribution in [2.75, 3.05) is 11.9 Å². The number of nitrogens with one attached hydrogen (secondary N) is 2. The molecule has 0 aliphatic rings. The lowest BCUT2D eigenvalue weighted by Crippen LogP contribution is -2.17. The first kappa shape index (κ1) is 20.1. The van der Waals surface area contributed by atoms with Crippen LogP contribution in [0.15, 0.2) is 29.1 Å². The number of carbonyl (C=O) groups excluding carboxylic acids is 1. The van der Waals surface area contributed by atoms with Gasteiger partial charge in [0.1, 0.15) is 15.5 Å². The van der Waals surface area contributed by atoms with E-state index in [1.807, 2.05) is 19.1 Å². The van der Waals surface area contributed by atoms with Crippen LogP contribution in [0.3, 0.4) is 0 Å². The molecule has 2 N–H and O–H groups in total. The van der Waals surface area contributed by atoms with Gasteiger partial charge in [-0.15, -0.1) is 11.3 Å². The van der Waals surface area contributed by atoms with Gasteiger partial charge in [-0.3, -0.25) is 4.79 Å². The van der Waals surface area contributed by atoms with Crippen molar-refractivity contribution in [1.82, 2.24) is 9.97 Å². The molecule has 0 aliphatic carbocycles. The minimum Gasteiger partial charge on any atom is -0.462 e. The zero-order valence-electron chi connectivity index (χ0n) is 16.6. The fraction of sp³-hybridized carbons (Fsp3) is 0.381. The smallest absolute Gasteiger partial charge is 0.348 e. The largest absolute Gasteiger partial charge is 0.462 e. The van der Waals surface area contributed by atoms with E-state index >= 15 is 0 Å². The second kappa shape index (κ2) is 8.56. The average Bonchev–Trinajstić information content (AvgIpc) is 3.01. The molecular weight excluding hydrogens is 374 g/mol. The summed E-state index contributed by atoms with van der Waals surface area (Å²) in [7, 11) is 0. The number of ether oxygens (including phenoxy) is 1. The van der Waals surface area contributed by atoms with E-state index in [0.717, 1.165) is 18.5 Å². The Labute approximate surface area is 168 Å². The van der Waals surface area contributed by atoms with Gasteiger partial charge in [-0.1, -0.05) is 25.5 Å². The third kappa shape index (κ3) is 4.09. The molecule has 28 heavy (non-hydrogen) atoms. The van der Waals surface area contributed by atoms with Crippen LogP contribution in [0.25, 0.3) is 10.2 Å². The number of aromatic amines is 1. The van der Waals surface area contributed by atoms with Crippen molar-refractivity contribution in [3.63, 3.8) is 0 Å². The van der Waals surface area contributed by atoms with Gasteiger partial charge in [0, 0.05) is 5.69 Å². The Morgan fingerprint density at radius 1 is 1.29 bits per heavy atom. The standard InChI is InChI=1S/C21H25N3O3S/c1-5-7-14-8-10-15(11-9-14)22-13(4)18-23-19(25)16-12(3)17(21(26)27-6-2)28-20(16)24-18/h8-11,13,22H,5-7H2,1-4H3,(H,23,24,25)/t13-/m1/s1. The number of anilines is 1. The van der Waals surface area contributed by atoms with Gasteiger partial charge < -0.3 is 15.0 Å². The van der Waals surface area contributed by atoms with Gasteiger partial charge >= 0.3 is 5.97 Å². The van der Waals surface area contributed by atoms with Crippen molar-refractivity contribution in [1.29, 1.82) is 0 Å². The molecule has 0 bridgehead atoms. The van der Waals surface area contributed by atoms with E-state index < -0.39 is 5.97 Å². The molecule has 1 aromatic carbocycles. The molecule has 3 aromatic rings. The van der Waals surface area contributed by atoms with Gasteiger partial charge in [0.25, 0.3) is 5.56 Å². The summed E-state index contributed by atoms with van der Waals surface area (Å²) in [6, 6.07) is 8.08. The van der Waals surface area contributed by atoms with Crippen molar-refractivity contribution in [2.24, 2.45) is 0 Å². The number of hydrogen-bond acceptors (Lipinski definition) is 6. The van der Waals surface area contributed by atoms with Gasteiger partial charge in [-0.05, 0) is 50.5 Å². The molecular formula is C21H25N3O3S. The first-order valence-electron chi connectivity index (χ1n) is 9.50. The number of aryl methyl sites for hydroxylation is 2. The molecule has 2 heterocycles. The van der Waals surface area contributed by atoms with E-state index in [0.29, 0.717) is 33.1 Å². The summed E-state index contributed by atoms with van der Waals surface area (Å²) < 4.78 is 5.08. The molecule has 148 valence electrons. The first-order valence-corrected chi connectivity index (χ1v) is 10.3. The molecule has 7 heteroatoms. The monoisotopic (exact) mass is 399 g/mol. The molecule has 1 atom stereocenters. The Balaban J connectivity index is 1.88. The van der Waals surface area contributed by atoms with E-state index in [4.69, 9.17) is 4.74 Å².